The lowest BCUT2D eigenvalue weighted by atomic mass is 10.1. The van der Waals surface area contributed by atoms with Crippen molar-refractivity contribution in [3.05, 3.63) is 56.6 Å². The molecule has 0 aliphatic rings. The molecule has 0 radical (unpaired) electrons. The lowest BCUT2D eigenvalue weighted by molar-refractivity contribution is 0.668. The molecule has 0 fully saturated rings. The van der Waals surface area contributed by atoms with Crippen molar-refractivity contribution in [2.75, 3.05) is 5.73 Å². The number of fused-ring (bicyclic) bond motifs is 1. The minimum Gasteiger partial charge on any atom is -0.369 e. The highest BCUT2D eigenvalue weighted by molar-refractivity contribution is 14.1. The maximum atomic E-state index is 6.10. The zero-order chi connectivity index (χ0) is 14.3. The molecule has 5 heteroatoms. The van der Waals surface area contributed by atoms with Gasteiger partial charge in [0.2, 0.25) is 5.95 Å². The van der Waals surface area contributed by atoms with Gasteiger partial charge in [0, 0.05) is 8.59 Å². The fraction of sp³-hybridized carbons (Fsp3) is 0.133. The van der Waals surface area contributed by atoms with Gasteiger partial charge in [-0.05, 0) is 65.4 Å². The molecule has 102 valence electrons. The van der Waals surface area contributed by atoms with Gasteiger partial charge in [-0.1, -0.05) is 23.7 Å². The van der Waals surface area contributed by atoms with E-state index in [1.807, 2.05) is 28.8 Å². The largest absolute Gasteiger partial charge is 0.369 e. The number of nitrogen functional groups attached to an aromatic ring is 1. The molecule has 3 aromatic rings. The van der Waals surface area contributed by atoms with Crippen molar-refractivity contribution in [3.63, 3.8) is 0 Å². The van der Waals surface area contributed by atoms with E-state index in [1.165, 1.54) is 0 Å². The first-order valence-electron chi connectivity index (χ1n) is 6.24. The predicted octanol–water partition coefficient (Wildman–Crippen LogP) is 4.49. The van der Waals surface area contributed by atoms with Crippen LogP contribution >= 0.6 is 34.2 Å². The van der Waals surface area contributed by atoms with Crippen molar-refractivity contribution in [2.24, 2.45) is 0 Å². The minimum atomic E-state index is 0.0822. The van der Waals surface area contributed by atoms with Gasteiger partial charge in [0.25, 0.3) is 0 Å². The second-order valence-corrected chi connectivity index (χ2v) is 6.39. The Morgan fingerprint density at radius 3 is 2.80 bits per heavy atom. The van der Waals surface area contributed by atoms with E-state index < -0.39 is 0 Å². The zero-order valence-corrected chi connectivity index (χ0v) is 13.8. The Kier molecular flexibility index (Phi) is 3.60. The third kappa shape index (κ3) is 2.38. The predicted molar refractivity (Wildman–Crippen MR) is 92.1 cm³/mol. The number of benzene rings is 2. The molecular weight excluding hydrogens is 385 g/mol. The van der Waals surface area contributed by atoms with E-state index in [-0.39, 0.29) is 6.04 Å². The molecule has 3 nitrogen and oxygen atoms in total. The van der Waals surface area contributed by atoms with Gasteiger partial charge in [0.1, 0.15) is 0 Å². The van der Waals surface area contributed by atoms with Crippen molar-refractivity contribution >= 4 is 51.2 Å². The Bertz CT molecular complexity index is 782. The molecule has 3 rings (SSSR count). The Balaban J connectivity index is 2.16. The summed E-state index contributed by atoms with van der Waals surface area (Å²) in [7, 11) is 0. The highest BCUT2D eigenvalue weighted by atomic mass is 127. The highest BCUT2D eigenvalue weighted by Gasteiger charge is 2.15. The van der Waals surface area contributed by atoms with Gasteiger partial charge in [-0.25, -0.2) is 4.98 Å². The van der Waals surface area contributed by atoms with E-state index in [4.69, 9.17) is 17.3 Å². The average molecular weight is 398 g/mol. The molecule has 2 N–H and O–H groups in total. The SMILES string of the molecule is CC(c1cccc(Cl)c1)n1c(N)nc2cc(I)ccc21. The summed E-state index contributed by atoms with van der Waals surface area (Å²) in [6.07, 6.45) is 0. The smallest absolute Gasteiger partial charge is 0.201 e. The molecule has 1 aromatic heterocycles. The summed E-state index contributed by atoms with van der Waals surface area (Å²) in [5.41, 5.74) is 9.17. The number of aromatic nitrogens is 2. The molecule has 0 saturated heterocycles. The van der Waals surface area contributed by atoms with Gasteiger partial charge in [-0.3, -0.25) is 0 Å². The molecule has 1 heterocycles. The summed E-state index contributed by atoms with van der Waals surface area (Å²) in [6, 6.07) is 14.1. The molecule has 1 unspecified atom stereocenters. The Hall–Kier alpha value is -1.27. The third-order valence-corrected chi connectivity index (χ3v) is 4.30. The van der Waals surface area contributed by atoms with Gasteiger partial charge in [0.05, 0.1) is 17.1 Å². The van der Waals surface area contributed by atoms with Crippen molar-refractivity contribution in [1.82, 2.24) is 9.55 Å². The molecule has 0 spiro atoms. The lowest BCUT2D eigenvalue weighted by Crippen LogP contribution is -2.10. The standard InChI is InChI=1S/C15H13ClIN3/c1-9(10-3-2-4-11(16)7-10)20-14-6-5-12(17)8-13(14)19-15(20)18/h2-9H,1H3,(H2,18,19). The first kappa shape index (κ1) is 13.7. The Morgan fingerprint density at radius 1 is 1.25 bits per heavy atom. The van der Waals surface area contributed by atoms with Crippen LogP contribution in [0.15, 0.2) is 42.5 Å². The van der Waals surface area contributed by atoms with Crippen LogP contribution in [0.25, 0.3) is 11.0 Å². The molecule has 0 saturated carbocycles. The van der Waals surface area contributed by atoms with Crippen LogP contribution in [0.3, 0.4) is 0 Å². The number of nitrogens with two attached hydrogens (primary N) is 1. The van der Waals surface area contributed by atoms with E-state index in [1.54, 1.807) is 0 Å². The third-order valence-electron chi connectivity index (χ3n) is 3.40. The summed E-state index contributed by atoms with van der Waals surface area (Å²) in [5, 5.41) is 0.729. The Morgan fingerprint density at radius 2 is 2.05 bits per heavy atom. The van der Waals surface area contributed by atoms with Gasteiger partial charge in [-0.15, -0.1) is 0 Å². The zero-order valence-electron chi connectivity index (χ0n) is 10.8. The van der Waals surface area contributed by atoms with E-state index in [0.29, 0.717) is 5.95 Å². The molecule has 0 aliphatic carbocycles. The average Bonchev–Trinajstić information content (AvgIpc) is 2.73. The second-order valence-electron chi connectivity index (χ2n) is 4.70. The van der Waals surface area contributed by atoms with E-state index in [0.717, 1.165) is 25.2 Å². The van der Waals surface area contributed by atoms with Gasteiger partial charge < -0.3 is 10.3 Å². The van der Waals surface area contributed by atoms with Gasteiger partial charge in [-0.2, -0.15) is 0 Å². The highest BCUT2D eigenvalue weighted by Crippen LogP contribution is 2.29. The summed E-state index contributed by atoms with van der Waals surface area (Å²) in [4.78, 5) is 4.45. The fourth-order valence-corrected chi connectivity index (χ4v) is 3.09. The van der Waals surface area contributed by atoms with E-state index in [2.05, 4.69) is 52.7 Å². The number of nitrogens with zero attached hydrogens (tertiary/aromatic N) is 2. The van der Waals surface area contributed by atoms with E-state index >= 15 is 0 Å². The molecular formula is C15H13ClIN3. The molecule has 0 bridgehead atoms. The number of imidazole rings is 1. The van der Waals surface area contributed by atoms with Crippen molar-refractivity contribution < 1.29 is 0 Å². The summed E-state index contributed by atoms with van der Waals surface area (Å²) < 4.78 is 3.19. The number of halogens is 2. The Labute approximate surface area is 135 Å². The fourth-order valence-electron chi connectivity index (χ4n) is 2.41. The summed E-state index contributed by atoms with van der Waals surface area (Å²) in [6.45, 7) is 2.10. The number of anilines is 1. The molecule has 2 aromatic carbocycles. The monoisotopic (exact) mass is 397 g/mol. The molecule has 0 aliphatic heterocycles. The van der Waals surface area contributed by atoms with Gasteiger partial charge >= 0.3 is 0 Å². The van der Waals surface area contributed by atoms with Crippen LogP contribution in [-0.2, 0) is 0 Å². The van der Waals surface area contributed by atoms with Crippen LogP contribution in [0.4, 0.5) is 5.95 Å². The van der Waals surface area contributed by atoms with Crippen molar-refractivity contribution in [3.8, 4) is 0 Å². The quantitative estimate of drug-likeness (QED) is 0.648. The topological polar surface area (TPSA) is 43.8 Å². The maximum absolute atomic E-state index is 6.10. The van der Waals surface area contributed by atoms with Crippen LogP contribution < -0.4 is 5.73 Å². The maximum Gasteiger partial charge on any atom is 0.201 e. The summed E-state index contributed by atoms with van der Waals surface area (Å²) >= 11 is 8.35. The van der Waals surface area contributed by atoms with E-state index in [9.17, 15) is 0 Å². The van der Waals surface area contributed by atoms with Crippen LogP contribution in [0, 0.1) is 3.57 Å². The van der Waals surface area contributed by atoms with Crippen molar-refractivity contribution in [2.45, 2.75) is 13.0 Å². The van der Waals surface area contributed by atoms with Crippen LogP contribution in [0.2, 0.25) is 5.02 Å². The number of hydrogen-bond acceptors (Lipinski definition) is 2. The van der Waals surface area contributed by atoms with Crippen LogP contribution in [0.1, 0.15) is 18.5 Å². The second kappa shape index (κ2) is 5.26. The normalized spacial score (nSPS) is 12.8. The molecule has 20 heavy (non-hydrogen) atoms. The molecule has 1 atom stereocenters. The van der Waals surface area contributed by atoms with Crippen LogP contribution in [-0.4, -0.2) is 9.55 Å². The number of hydrogen-bond donors (Lipinski definition) is 1. The summed E-state index contributed by atoms with van der Waals surface area (Å²) in [5.74, 6) is 0.523. The first-order chi connectivity index (χ1) is 9.56. The number of rotatable bonds is 2. The minimum absolute atomic E-state index is 0.0822. The van der Waals surface area contributed by atoms with Gasteiger partial charge in [0.15, 0.2) is 0 Å². The molecule has 0 amide bonds. The van der Waals surface area contributed by atoms with Crippen LogP contribution in [0.5, 0.6) is 0 Å². The van der Waals surface area contributed by atoms with Crippen molar-refractivity contribution in [1.29, 1.82) is 0 Å². The lowest BCUT2D eigenvalue weighted by Gasteiger charge is -2.16. The first-order valence-corrected chi connectivity index (χ1v) is 7.70.